The topological polar surface area (TPSA) is 103 Å². The molecule has 2 heterocycles. The smallest absolute Gasteiger partial charge is 0.333 e. The summed E-state index contributed by atoms with van der Waals surface area (Å²) in [7, 11) is 0. The normalized spacial score (nSPS) is 17.3. The molecule has 1 aromatic carbocycles. The van der Waals surface area contributed by atoms with Gasteiger partial charge in [-0.25, -0.2) is 4.79 Å². The molecule has 1 aromatic heterocycles. The van der Waals surface area contributed by atoms with Gasteiger partial charge in [0.2, 0.25) is 5.91 Å². The average Bonchev–Trinajstić information content (AvgIpc) is 3.29. The first-order valence-corrected chi connectivity index (χ1v) is 8.77. The van der Waals surface area contributed by atoms with E-state index in [0.29, 0.717) is 31.1 Å². The van der Waals surface area contributed by atoms with Crippen LogP contribution in [0.25, 0.3) is 5.69 Å². The Balaban J connectivity index is 1.59. The van der Waals surface area contributed by atoms with Crippen molar-refractivity contribution in [2.75, 3.05) is 6.54 Å². The Kier molecular flexibility index (Phi) is 4.06. The third kappa shape index (κ3) is 2.79. The van der Waals surface area contributed by atoms with Crippen LogP contribution in [0.15, 0.2) is 29.1 Å². The largest absolute Gasteiger partial charge is 0.350 e. The fourth-order valence-corrected chi connectivity index (χ4v) is 3.75. The standard InChI is InChI=1S/C17H19N5O4/c23-16(12-3-1-2-4-12)19-9-10-20-15(11-19)18-21(17(20)24)13-5-7-14(8-6-13)22(25)26/h5-8,12H,1-4,9-11H2. The number of rotatable bonds is 3. The van der Waals surface area contributed by atoms with Gasteiger partial charge in [0, 0.05) is 31.1 Å². The quantitative estimate of drug-likeness (QED) is 0.611. The summed E-state index contributed by atoms with van der Waals surface area (Å²) in [5, 5.41) is 15.1. The molecular formula is C17H19N5O4. The molecule has 136 valence electrons. The van der Waals surface area contributed by atoms with Crippen LogP contribution in [0, 0.1) is 16.0 Å². The summed E-state index contributed by atoms with van der Waals surface area (Å²) < 4.78 is 2.81. The van der Waals surface area contributed by atoms with Gasteiger partial charge in [-0.05, 0) is 25.0 Å². The molecule has 1 fully saturated rings. The summed E-state index contributed by atoms with van der Waals surface area (Å²) >= 11 is 0. The van der Waals surface area contributed by atoms with E-state index >= 15 is 0 Å². The van der Waals surface area contributed by atoms with Crippen LogP contribution in [0.1, 0.15) is 31.5 Å². The number of benzene rings is 1. The average molecular weight is 357 g/mol. The number of nitro benzene ring substituents is 1. The third-order valence-electron chi connectivity index (χ3n) is 5.19. The Morgan fingerprint density at radius 3 is 2.50 bits per heavy atom. The number of aromatic nitrogens is 3. The van der Waals surface area contributed by atoms with Crippen molar-refractivity contribution in [2.24, 2.45) is 5.92 Å². The van der Waals surface area contributed by atoms with Gasteiger partial charge in [-0.15, -0.1) is 5.10 Å². The van der Waals surface area contributed by atoms with Crippen LogP contribution in [0.4, 0.5) is 5.69 Å². The molecule has 4 rings (SSSR count). The maximum Gasteiger partial charge on any atom is 0.350 e. The highest BCUT2D eigenvalue weighted by Crippen LogP contribution is 2.27. The van der Waals surface area contributed by atoms with E-state index < -0.39 is 4.92 Å². The fraction of sp³-hybridized carbons (Fsp3) is 0.471. The highest BCUT2D eigenvalue weighted by Gasteiger charge is 2.31. The lowest BCUT2D eigenvalue weighted by molar-refractivity contribution is -0.384. The summed E-state index contributed by atoms with van der Waals surface area (Å²) in [6.45, 7) is 1.25. The molecule has 0 radical (unpaired) electrons. The molecular weight excluding hydrogens is 338 g/mol. The minimum atomic E-state index is -0.489. The second kappa shape index (κ2) is 6.40. The predicted octanol–water partition coefficient (Wildman–Crippen LogP) is 1.47. The van der Waals surface area contributed by atoms with E-state index in [9.17, 15) is 19.7 Å². The van der Waals surface area contributed by atoms with Crippen LogP contribution >= 0.6 is 0 Å². The van der Waals surface area contributed by atoms with E-state index in [1.54, 1.807) is 9.47 Å². The van der Waals surface area contributed by atoms with Gasteiger partial charge in [-0.3, -0.25) is 19.5 Å². The van der Waals surface area contributed by atoms with Crippen molar-refractivity contribution in [1.82, 2.24) is 19.2 Å². The van der Waals surface area contributed by atoms with Gasteiger partial charge in [0.25, 0.3) is 5.69 Å². The molecule has 0 unspecified atom stereocenters. The molecule has 1 aliphatic heterocycles. The zero-order valence-electron chi connectivity index (χ0n) is 14.2. The molecule has 2 aliphatic rings. The highest BCUT2D eigenvalue weighted by molar-refractivity contribution is 5.79. The number of hydrogen-bond acceptors (Lipinski definition) is 5. The van der Waals surface area contributed by atoms with Crippen LogP contribution in [0.3, 0.4) is 0 Å². The number of hydrogen-bond donors (Lipinski definition) is 0. The lowest BCUT2D eigenvalue weighted by Crippen LogP contribution is -2.43. The first-order valence-electron chi connectivity index (χ1n) is 8.77. The summed E-state index contributed by atoms with van der Waals surface area (Å²) in [5.41, 5.74) is 0.136. The third-order valence-corrected chi connectivity index (χ3v) is 5.19. The lowest BCUT2D eigenvalue weighted by Gasteiger charge is -2.28. The Labute approximate surface area is 149 Å². The van der Waals surface area contributed by atoms with Crippen LogP contribution in [0.5, 0.6) is 0 Å². The van der Waals surface area contributed by atoms with Crippen molar-refractivity contribution in [1.29, 1.82) is 0 Å². The molecule has 9 nitrogen and oxygen atoms in total. The second-order valence-corrected chi connectivity index (χ2v) is 6.78. The molecule has 0 saturated heterocycles. The number of non-ortho nitro benzene ring substituents is 1. The van der Waals surface area contributed by atoms with E-state index in [1.165, 1.54) is 28.9 Å². The second-order valence-electron chi connectivity index (χ2n) is 6.78. The first-order chi connectivity index (χ1) is 12.5. The number of nitrogens with zero attached hydrogens (tertiary/aromatic N) is 5. The van der Waals surface area contributed by atoms with Gasteiger partial charge in [-0.1, -0.05) is 12.8 Å². The molecule has 1 amide bonds. The zero-order chi connectivity index (χ0) is 18.3. The van der Waals surface area contributed by atoms with E-state index in [2.05, 4.69) is 5.10 Å². The Hall–Kier alpha value is -2.97. The number of carbonyl (C=O) groups excluding carboxylic acids is 1. The van der Waals surface area contributed by atoms with E-state index in [-0.39, 0.29) is 23.2 Å². The van der Waals surface area contributed by atoms with Gasteiger partial charge in [0.15, 0.2) is 5.82 Å². The van der Waals surface area contributed by atoms with Crippen LogP contribution in [-0.2, 0) is 17.9 Å². The molecule has 0 N–H and O–H groups in total. The van der Waals surface area contributed by atoms with Crippen LogP contribution in [0.2, 0.25) is 0 Å². The van der Waals surface area contributed by atoms with Gasteiger partial charge in [0.05, 0.1) is 17.2 Å². The molecule has 1 saturated carbocycles. The number of carbonyl (C=O) groups is 1. The minimum absolute atomic E-state index is 0.0425. The number of fused-ring (bicyclic) bond motifs is 1. The zero-order valence-corrected chi connectivity index (χ0v) is 14.2. The van der Waals surface area contributed by atoms with E-state index in [1.807, 2.05) is 0 Å². The summed E-state index contributed by atoms with van der Waals surface area (Å²) in [6, 6.07) is 5.69. The maximum absolute atomic E-state index is 12.6. The summed E-state index contributed by atoms with van der Waals surface area (Å²) in [6.07, 6.45) is 4.09. The van der Waals surface area contributed by atoms with Crippen molar-refractivity contribution in [2.45, 2.75) is 38.8 Å². The van der Waals surface area contributed by atoms with Gasteiger partial charge in [0.1, 0.15) is 0 Å². The molecule has 26 heavy (non-hydrogen) atoms. The molecule has 1 aliphatic carbocycles. The first kappa shape index (κ1) is 16.5. The van der Waals surface area contributed by atoms with Crippen molar-refractivity contribution >= 4 is 11.6 Å². The number of nitro groups is 1. The van der Waals surface area contributed by atoms with Gasteiger partial charge < -0.3 is 4.90 Å². The molecule has 0 atom stereocenters. The molecule has 0 spiro atoms. The SMILES string of the molecule is O=C(C1CCCC1)N1CCn2c(nn(-c3ccc([N+](=O)[O-])cc3)c2=O)C1. The van der Waals surface area contributed by atoms with Gasteiger partial charge in [-0.2, -0.15) is 4.68 Å². The van der Waals surface area contributed by atoms with Crippen molar-refractivity contribution < 1.29 is 9.72 Å². The van der Waals surface area contributed by atoms with Crippen LogP contribution < -0.4 is 5.69 Å². The Morgan fingerprint density at radius 2 is 1.85 bits per heavy atom. The molecule has 0 bridgehead atoms. The number of amides is 1. The van der Waals surface area contributed by atoms with E-state index in [0.717, 1.165) is 25.7 Å². The maximum atomic E-state index is 12.6. The van der Waals surface area contributed by atoms with Crippen molar-refractivity contribution in [3.8, 4) is 5.69 Å². The van der Waals surface area contributed by atoms with Crippen molar-refractivity contribution in [3.63, 3.8) is 0 Å². The molecule has 2 aromatic rings. The van der Waals surface area contributed by atoms with Gasteiger partial charge >= 0.3 is 5.69 Å². The monoisotopic (exact) mass is 357 g/mol. The summed E-state index contributed by atoms with van der Waals surface area (Å²) in [4.78, 5) is 37.3. The van der Waals surface area contributed by atoms with Crippen LogP contribution in [-0.4, -0.2) is 36.6 Å². The molecule has 9 heteroatoms. The van der Waals surface area contributed by atoms with Crippen molar-refractivity contribution in [3.05, 3.63) is 50.7 Å². The summed E-state index contributed by atoms with van der Waals surface area (Å²) in [5.74, 6) is 0.807. The lowest BCUT2D eigenvalue weighted by atomic mass is 10.1. The Bertz CT molecular complexity index is 908. The van der Waals surface area contributed by atoms with E-state index in [4.69, 9.17) is 0 Å². The minimum Gasteiger partial charge on any atom is -0.333 e. The fourth-order valence-electron chi connectivity index (χ4n) is 3.75. The Morgan fingerprint density at radius 1 is 1.15 bits per heavy atom. The highest BCUT2D eigenvalue weighted by atomic mass is 16.6. The predicted molar refractivity (Wildman–Crippen MR) is 91.9 cm³/mol.